The lowest BCUT2D eigenvalue weighted by atomic mass is 10.2. The first-order valence-electron chi connectivity index (χ1n) is 5.66. The molecule has 0 fully saturated rings. The minimum absolute atomic E-state index is 0.219. The molecule has 2 aromatic heterocycles. The first kappa shape index (κ1) is 12.9. The molecule has 0 saturated carbocycles. The van der Waals surface area contributed by atoms with Gasteiger partial charge in [-0.3, -0.25) is 9.63 Å². The molecule has 0 spiro atoms. The Morgan fingerprint density at radius 2 is 2.00 bits per heavy atom. The van der Waals surface area contributed by atoms with Crippen molar-refractivity contribution in [1.29, 1.82) is 0 Å². The number of aromatic nitrogens is 1. The predicted octanol–water partition coefficient (Wildman–Crippen LogP) is 3.00. The van der Waals surface area contributed by atoms with Crippen LogP contribution < -0.4 is 5.48 Å². The molecule has 0 aliphatic carbocycles. The minimum Gasteiger partial charge on any atom is -0.322 e. The van der Waals surface area contributed by atoms with Gasteiger partial charge in [-0.1, -0.05) is 0 Å². The third-order valence-electron chi connectivity index (χ3n) is 2.18. The van der Waals surface area contributed by atoms with Gasteiger partial charge in [0.25, 0.3) is 5.91 Å². The third kappa shape index (κ3) is 3.00. The average Bonchev–Trinajstić information content (AvgIpc) is 2.94. The van der Waals surface area contributed by atoms with Gasteiger partial charge in [-0.2, -0.15) is 0 Å². The zero-order valence-corrected chi connectivity index (χ0v) is 11.5. The van der Waals surface area contributed by atoms with Gasteiger partial charge < -0.3 is 4.57 Å². The Bertz CT molecular complexity index is 523. The van der Waals surface area contributed by atoms with Crippen molar-refractivity contribution in [2.75, 3.05) is 0 Å². The predicted molar refractivity (Wildman–Crippen MR) is 72.0 cm³/mol. The maximum atomic E-state index is 12.0. The highest BCUT2D eigenvalue weighted by molar-refractivity contribution is 7.12. The second-order valence-electron chi connectivity index (χ2n) is 4.87. The summed E-state index contributed by atoms with van der Waals surface area (Å²) in [5, 5.41) is 1.89. The molecule has 5 heteroatoms. The largest absolute Gasteiger partial charge is 0.322 e. The molecule has 0 aromatic carbocycles. The average molecular weight is 264 g/mol. The second-order valence-corrected chi connectivity index (χ2v) is 5.79. The van der Waals surface area contributed by atoms with E-state index >= 15 is 0 Å². The van der Waals surface area contributed by atoms with E-state index in [4.69, 9.17) is 4.84 Å². The molecule has 4 nitrogen and oxygen atoms in total. The Hall–Kier alpha value is -1.59. The highest BCUT2D eigenvalue weighted by Crippen LogP contribution is 2.21. The van der Waals surface area contributed by atoms with Gasteiger partial charge in [0.05, 0.1) is 11.3 Å². The van der Waals surface area contributed by atoms with E-state index in [1.165, 1.54) is 11.3 Å². The van der Waals surface area contributed by atoms with Crippen LogP contribution in [0.5, 0.6) is 0 Å². The molecule has 2 heterocycles. The standard InChI is InChI=1S/C13H16N2O2S/c1-13(2,3)17-14-12(16)11-10(6-9-18-11)15-7-4-5-8-15/h4-9H,1-3H3,(H,14,16). The van der Waals surface area contributed by atoms with Crippen molar-refractivity contribution in [1.82, 2.24) is 10.0 Å². The molecule has 0 aliphatic rings. The smallest absolute Gasteiger partial charge is 0.287 e. The Morgan fingerprint density at radius 1 is 1.33 bits per heavy atom. The van der Waals surface area contributed by atoms with Crippen LogP contribution >= 0.6 is 11.3 Å². The number of rotatable bonds is 3. The van der Waals surface area contributed by atoms with Gasteiger partial charge >= 0.3 is 0 Å². The van der Waals surface area contributed by atoms with Gasteiger partial charge in [-0.15, -0.1) is 11.3 Å². The molecule has 2 rings (SSSR count). The van der Waals surface area contributed by atoms with E-state index in [-0.39, 0.29) is 5.91 Å². The quantitative estimate of drug-likeness (QED) is 0.866. The normalized spacial score (nSPS) is 11.5. The topological polar surface area (TPSA) is 43.3 Å². The Kier molecular flexibility index (Phi) is 3.54. The number of nitrogens with one attached hydrogen (secondary N) is 1. The van der Waals surface area contributed by atoms with Crippen LogP contribution in [-0.4, -0.2) is 16.1 Å². The van der Waals surface area contributed by atoms with Crippen molar-refractivity contribution in [3.05, 3.63) is 40.8 Å². The number of carbonyl (C=O) groups excluding carboxylic acids is 1. The lowest BCUT2D eigenvalue weighted by Crippen LogP contribution is -2.33. The van der Waals surface area contributed by atoms with E-state index in [0.717, 1.165) is 5.69 Å². The van der Waals surface area contributed by atoms with E-state index in [1.54, 1.807) is 0 Å². The van der Waals surface area contributed by atoms with Crippen molar-refractivity contribution in [2.24, 2.45) is 0 Å². The fraction of sp³-hybridized carbons (Fsp3) is 0.308. The Labute approximate surface area is 110 Å². The summed E-state index contributed by atoms with van der Waals surface area (Å²) in [7, 11) is 0. The Balaban J connectivity index is 2.15. The zero-order valence-electron chi connectivity index (χ0n) is 10.6. The van der Waals surface area contributed by atoms with Crippen molar-refractivity contribution in [3.8, 4) is 5.69 Å². The van der Waals surface area contributed by atoms with Gasteiger partial charge in [0, 0.05) is 12.4 Å². The number of nitrogens with zero attached hydrogens (tertiary/aromatic N) is 1. The van der Waals surface area contributed by atoms with E-state index < -0.39 is 5.60 Å². The first-order valence-corrected chi connectivity index (χ1v) is 6.54. The summed E-state index contributed by atoms with van der Waals surface area (Å²) < 4.78 is 1.91. The highest BCUT2D eigenvalue weighted by atomic mass is 32.1. The summed E-state index contributed by atoms with van der Waals surface area (Å²) in [5.41, 5.74) is 2.94. The van der Waals surface area contributed by atoms with Crippen molar-refractivity contribution >= 4 is 17.2 Å². The van der Waals surface area contributed by atoms with Crippen LogP contribution in [0.25, 0.3) is 5.69 Å². The fourth-order valence-electron chi connectivity index (χ4n) is 1.42. The summed E-state index contributed by atoms with van der Waals surface area (Å²) in [5.74, 6) is -0.219. The van der Waals surface area contributed by atoms with Gasteiger partial charge in [-0.25, -0.2) is 5.48 Å². The molecule has 0 aliphatic heterocycles. The SMILES string of the molecule is CC(C)(C)ONC(=O)c1sccc1-n1cccc1. The maximum Gasteiger partial charge on any atom is 0.287 e. The highest BCUT2D eigenvalue weighted by Gasteiger charge is 2.17. The van der Waals surface area contributed by atoms with Crippen LogP contribution in [0.1, 0.15) is 30.4 Å². The molecule has 0 bridgehead atoms. The van der Waals surface area contributed by atoms with Crippen LogP contribution in [0, 0.1) is 0 Å². The summed E-state index contributed by atoms with van der Waals surface area (Å²) in [6.07, 6.45) is 3.81. The van der Waals surface area contributed by atoms with Crippen LogP contribution in [0.15, 0.2) is 36.0 Å². The maximum absolute atomic E-state index is 12.0. The van der Waals surface area contributed by atoms with Crippen LogP contribution in [0.2, 0.25) is 0 Å². The number of hydroxylamine groups is 1. The van der Waals surface area contributed by atoms with E-state index in [2.05, 4.69) is 5.48 Å². The summed E-state index contributed by atoms with van der Waals surface area (Å²) >= 11 is 1.39. The minimum atomic E-state index is -0.402. The molecule has 0 radical (unpaired) electrons. The van der Waals surface area contributed by atoms with Gasteiger partial charge in [0.15, 0.2) is 0 Å². The summed E-state index contributed by atoms with van der Waals surface area (Å²) in [4.78, 5) is 17.9. The number of amides is 1. The van der Waals surface area contributed by atoms with Crippen molar-refractivity contribution < 1.29 is 9.63 Å². The number of hydrogen-bond acceptors (Lipinski definition) is 3. The van der Waals surface area contributed by atoms with E-state index in [9.17, 15) is 4.79 Å². The number of hydrogen-bond donors (Lipinski definition) is 1. The van der Waals surface area contributed by atoms with Gasteiger partial charge in [0.2, 0.25) is 0 Å². The fourth-order valence-corrected chi connectivity index (χ4v) is 2.19. The molecule has 1 N–H and O–H groups in total. The Morgan fingerprint density at radius 3 is 2.61 bits per heavy atom. The van der Waals surface area contributed by atoms with E-state index in [1.807, 2.05) is 61.3 Å². The van der Waals surface area contributed by atoms with Crippen LogP contribution in [0.4, 0.5) is 0 Å². The first-order chi connectivity index (χ1) is 8.47. The molecule has 96 valence electrons. The third-order valence-corrected chi connectivity index (χ3v) is 3.09. The number of thiophene rings is 1. The second kappa shape index (κ2) is 4.96. The summed E-state index contributed by atoms with van der Waals surface area (Å²) in [6, 6.07) is 5.76. The molecule has 0 atom stereocenters. The monoisotopic (exact) mass is 264 g/mol. The van der Waals surface area contributed by atoms with Crippen LogP contribution in [-0.2, 0) is 4.84 Å². The lowest BCUT2D eigenvalue weighted by molar-refractivity contribution is -0.0588. The van der Waals surface area contributed by atoms with Crippen LogP contribution in [0.3, 0.4) is 0 Å². The molecule has 0 unspecified atom stereocenters. The summed E-state index contributed by atoms with van der Waals surface area (Å²) in [6.45, 7) is 5.65. The van der Waals surface area contributed by atoms with Crippen molar-refractivity contribution in [2.45, 2.75) is 26.4 Å². The zero-order chi connectivity index (χ0) is 13.2. The molecule has 1 amide bonds. The van der Waals surface area contributed by atoms with Gasteiger partial charge in [0.1, 0.15) is 4.88 Å². The molecular formula is C13H16N2O2S. The molecule has 2 aromatic rings. The molecule has 0 saturated heterocycles. The number of carbonyl (C=O) groups is 1. The lowest BCUT2D eigenvalue weighted by Gasteiger charge is -2.18. The van der Waals surface area contributed by atoms with Crippen molar-refractivity contribution in [3.63, 3.8) is 0 Å². The van der Waals surface area contributed by atoms with Gasteiger partial charge in [-0.05, 0) is 44.4 Å². The molecule has 18 heavy (non-hydrogen) atoms. The van der Waals surface area contributed by atoms with E-state index in [0.29, 0.717) is 4.88 Å². The molecular weight excluding hydrogens is 248 g/mol.